The van der Waals surface area contributed by atoms with Crippen molar-refractivity contribution in [2.75, 3.05) is 13.1 Å². The molecule has 1 aliphatic heterocycles. The van der Waals surface area contributed by atoms with Crippen molar-refractivity contribution in [1.29, 1.82) is 0 Å². The number of aliphatic carboxylic acids is 1. The molecule has 1 rings (SSSR count). The molecule has 0 atom stereocenters. The van der Waals surface area contributed by atoms with Crippen molar-refractivity contribution < 1.29 is 23.5 Å². The molecule has 0 aliphatic carbocycles. The number of carboxylic acid groups (broad SMARTS) is 1. The zero-order valence-electron chi connectivity index (χ0n) is 9.53. The topological polar surface area (TPSA) is 57.6 Å². The van der Waals surface area contributed by atoms with Gasteiger partial charge in [-0.05, 0) is 19.8 Å². The predicted molar refractivity (Wildman–Crippen MR) is 56.7 cm³/mol. The Kier molecular flexibility index (Phi) is 4.20. The molecule has 0 spiro atoms. The summed E-state index contributed by atoms with van der Waals surface area (Å²) in [7, 11) is 0. The molecule has 0 saturated carbocycles. The van der Waals surface area contributed by atoms with Crippen molar-refractivity contribution in [1.82, 2.24) is 4.90 Å². The Balaban J connectivity index is 2.47. The standard InChI is InChI=1S/C11H15F2NO3/c1-11(12,13)8-4-6-14(7-5-8)9(15)2-3-10(16)17/h2-3,8H,4-7H2,1H3,(H,16,17)/b3-2+. The third-order valence-electron chi connectivity index (χ3n) is 2.89. The van der Waals surface area contributed by atoms with E-state index in [4.69, 9.17) is 5.11 Å². The van der Waals surface area contributed by atoms with Gasteiger partial charge in [-0.2, -0.15) is 0 Å². The van der Waals surface area contributed by atoms with Gasteiger partial charge in [0.25, 0.3) is 0 Å². The highest BCUT2D eigenvalue weighted by molar-refractivity contribution is 5.93. The van der Waals surface area contributed by atoms with Crippen LogP contribution in [0.25, 0.3) is 0 Å². The maximum atomic E-state index is 13.0. The molecule has 1 N–H and O–H groups in total. The molecule has 1 amide bonds. The van der Waals surface area contributed by atoms with Crippen molar-refractivity contribution in [2.24, 2.45) is 5.92 Å². The van der Waals surface area contributed by atoms with Gasteiger partial charge in [-0.3, -0.25) is 4.79 Å². The monoisotopic (exact) mass is 247 g/mol. The second-order valence-corrected chi connectivity index (χ2v) is 4.23. The van der Waals surface area contributed by atoms with Crippen LogP contribution in [-0.2, 0) is 9.59 Å². The lowest BCUT2D eigenvalue weighted by Gasteiger charge is -2.34. The number of hydrogen-bond donors (Lipinski definition) is 1. The molecule has 1 aliphatic rings. The molecule has 1 heterocycles. The lowest BCUT2D eigenvalue weighted by molar-refractivity contribution is -0.133. The molecule has 1 saturated heterocycles. The highest BCUT2D eigenvalue weighted by atomic mass is 19.3. The summed E-state index contributed by atoms with van der Waals surface area (Å²) in [6.45, 7) is 1.38. The SMILES string of the molecule is CC(F)(F)C1CCN(C(=O)/C=C/C(=O)O)CC1. The maximum Gasteiger partial charge on any atom is 0.328 e. The number of nitrogens with zero attached hydrogens (tertiary/aromatic N) is 1. The molecule has 96 valence electrons. The van der Waals surface area contributed by atoms with E-state index < -0.39 is 23.7 Å². The Labute approximate surface area is 97.9 Å². The summed E-state index contributed by atoms with van der Waals surface area (Å²) in [6.07, 6.45) is 2.20. The van der Waals surface area contributed by atoms with Gasteiger partial charge < -0.3 is 10.0 Å². The summed E-state index contributed by atoms with van der Waals surface area (Å²) in [5, 5.41) is 8.35. The highest BCUT2D eigenvalue weighted by Crippen LogP contribution is 2.32. The summed E-state index contributed by atoms with van der Waals surface area (Å²) in [4.78, 5) is 23.1. The average Bonchev–Trinajstić information content (AvgIpc) is 2.25. The predicted octanol–water partition coefficient (Wildman–Crippen LogP) is 1.52. The van der Waals surface area contributed by atoms with Crippen LogP contribution in [-0.4, -0.2) is 40.9 Å². The van der Waals surface area contributed by atoms with Crippen LogP contribution < -0.4 is 0 Å². The lowest BCUT2D eigenvalue weighted by Crippen LogP contribution is -2.41. The Morgan fingerprint density at radius 1 is 1.29 bits per heavy atom. The maximum absolute atomic E-state index is 13.0. The minimum Gasteiger partial charge on any atom is -0.478 e. The number of likely N-dealkylation sites (tertiary alicyclic amines) is 1. The minimum absolute atomic E-state index is 0.246. The van der Waals surface area contributed by atoms with Gasteiger partial charge in [0, 0.05) is 31.2 Å². The second-order valence-electron chi connectivity index (χ2n) is 4.23. The van der Waals surface area contributed by atoms with Gasteiger partial charge in [0.15, 0.2) is 0 Å². The number of carbonyl (C=O) groups excluding carboxylic acids is 1. The molecule has 0 aromatic heterocycles. The van der Waals surface area contributed by atoms with Gasteiger partial charge >= 0.3 is 5.97 Å². The molecule has 0 radical (unpaired) electrons. The summed E-state index contributed by atoms with van der Waals surface area (Å²) >= 11 is 0. The average molecular weight is 247 g/mol. The fourth-order valence-corrected chi connectivity index (χ4v) is 1.85. The van der Waals surface area contributed by atoms with Gasteiger partial charge in [0.1, 0.15) is 0 Å². The molecule has 4 nitrogen and oxygen atoms in total. The largest absolute Gasteiger partial charge is 0.478 e. The van der Waals surface area contributed by atoms with Crippen LogP contribution in [0, 0.1) is 5.92 Å². The van der Waals surface area contributed by atoms with Crippen LogP contribution in [0.4, 0.5) is 8.78 Å². The van der Waals surface area contributed by atoms with Crippen molar-refractivity contribution in [2.45, 2.75) is 25.7 Å². The second kappa shape index (κ2) is 5.25. The van der Waals surface area contributed by atoms with Crippen molar-refractivity contribution >= 4 is 11.9 Å². The Morgan fingerprint density at radius 2 is 1.82 bits per heavy atom. The smallest absolute Gasteiger partial charge is 0.328 e. The Hall–Kier alpha value is -1.46. The Bertz CT molecular complexity index is 328. The van der Waals surface area contributed by atoms with Crippen LogP contribution in [0.2, 0.25) is 0 Å². The van der Waals surface area contributed by atoms with Crippen molar-refractivity contribution in [3.63, 3.8) is 0 Å². The van der Waals surface area contributed by atoms with Gasteiger partial charge in [-0.1, -0.05) is 0 Å². The first-order valence-electron chi connectivity index (χ1n) is 5.38. The number of alkyl halides is 2. The number of amides is 1. The van der Waals surface area contributed by atoms with E-state index in [2.05, 4.69) is 0 Å². The number of carbonyl (C=O) groups is 2. The zero-order chi connectivity index (χ0) is 13.1. The van der Waals surface area contributed by atoms with Gasteiger partial charge in [-0.15, -0.1) is 0 Å². The number of hydrogen-bond acceptors (Lipinski definition) is 2. The van der Waals surface area contributed by atoms with E-state index in [1.807, 2.05) is 0 Å². The summed E-state index contributed by atoms with van der Waals surface area (Å²) in [6, 6.07) is 0. The number of carboxylic acids is 1. The fourth-order valence-electron chi connectivity index (χ4n) is 1.85. The Morgan fingerprint density at radius 3 is 2.24 bits per heavy atom. The molecule has 0 aromatic rings. The third-order valence-corrected chi connectivity index (χ3v) is 2.89. The van der Waals surface area contributed by atoms with Gasteiger partial charge in [0.05, 0.1) is 0 Å². The van der Waals surface area contributed by atoms with Crippen molar-refractivity contribution in [3.05, 3.63) is 12.2 Å². The first-order valence-corrected chi connectivity index (χ1v) is 5.38. The molecule has 6 heteroatoms. The molecular weight excluding hydrogens is 232 g/mol. The minimum atomic E-state index is -2.72. The summed E-state index contributed by atoms with van der Waals surface area (Å²) in [5.74, 6) is -5.06. The molecule has 0 aromatic carbocycles. The van der Waals surface area contributed by atoms with E-state index in [9.17, 15) is 18.4 Å². The third kappa shape index (κ3) is 4.13. The summed E-state index contributed by atoms with van der Waals surface area (Å²) in [5.41, 5.74) is 0. The van der Waals surface area contributed by atoms with Gasteiger partial charge in [-0.25, -0.2) is 13.6 Å². The number of piperidine rings is 1. The highest BCUT2D eigenvalue weighted by Gasteiger charge is 2.36. The van der Waals surface area contributed by atoms with E-state index in [0.717, 1.165) is 19.1 Å². The molecular formula is C11H15F2NO3. The van der Waals surface area contributed by atoms with Crippen LogP contribution in [0.15, 0.2) is 12.2 Å². The van der Waals surface area contributed by atoms with Crippen LogP contribution in [0.3, 0.4) is 0 Å². The zero-order valence-corrected chi connectivity index (χ0v) is 9.53. The van der Waals surface area contributed by atoms with Crippen LogP contribution in [0.5, 0.6) is 0 Å². The quantitative estimate of drug-likeness (QED) is 0.769. The molecule has 17 heavy (non-hydrogen) atoms. The molecule has 1 fully saturated rings. The van der Waals surface area contributed by atoms with Crippen molar-refractivity contribution in [3.8, 4) is 0 Å². The van der Waals surface area contributed by atoms with Crippen LogP contribution in [0.1, 0.15) is 19.8 Å². The van der Waals surface area contributed by atoms with E-state index in [1.54, 1.807) is 0 Å². The fraction of sp³-hybridized carbons (Fsp3) is 0.636. The number of rotatable bonds is 3. The molecule has 0 unspecified atom stereocenters. The number of halogens is 2. The van der Waals surface area contributed by atoms with E-state index >= 15 is 0 Å². The van der Waals surface area contributed by atoms with E-state index in [-0.39, 0.29) is 25.9 Å². The summed E-state index contributed by atoms with van der Waals surface area (Å²) < 4.78 is 26.0. The first-order chi connectivity index (χ1) is 7.80. The normalized spacial score (nSPS) is 18.6. The molecule has 0 bridgehead atoms. The van der Waals surface area contributed by atoms with Gasteiger partial charge in [0.2, 0.25) is 11.8 Å². The van der Waals surface area contributed by atoms with Crippen LogP contribution >= 0.6 is 0 Å². The lowest BCUT2D eigenvalue weighted by atomic mass is 9.91. The van der Waals surface area contributed by atoms with E-state index in [0.29, 0.717) is 0 Å². The van der Waals surface area contributed by atoms with E-state index in [1.165, 1.54) is 4.90 Å². The first kappa shape index (κ1) is 13.6.